The molecule has 1 heterocycles. The van der Waals surface area contributed by atoms with Crippen molar-refractivity contribution >= 4 is 11.8 Å². The average Bonchev–Trinajstić information content (AvgIpc) is 2.84. The highest BCUT2D eigenvalue weighted by molar-refractivity contribution is 5.85. The summed E-state index contributed by atoms with van der Waals surface area (Å²) in [7, 11) is 1.72. The summed E-state index contributed by atoms with van der Waals surface area (Å²) in [5.41, 5.74) is 0. The first kappa shape index (κ1) is 10.5. The maximum absolute atomic E-state index is 11.6. The van der Waals surface area contributed by atoms with Gasteiger partial charge in [-0.25, -0.2) is 0 Å². The van der Waals surface area contributed by atoms with Crippen LogP contribution in [-0.4, -0.2) is 48.3 Å². The molecule has 0 atom stereocenters. The highest BCUT2D eigenvalue weighted by Gasteiger charge is 2.27. The number of hydrogen-bond donors (Lipinski definition) is 0. The van der Waals surface area contributed by atoms with Crippen LogP contribution in [0, 0.1) is 5.92 Å². The fraction of sp³-hybridized carbons (Fsp3) is 0.818. The Morgan fingerprint density at radius 1 is 1.33 bits per heavy atom. The van der Waals surface area contributed by atoms with Gasteiger partial charge in [-0.1, -0.05) is 0 Å². The van der Waals surface area contributed by atoms with Gasteiger partial charge in [0.25, 0.3) is 0 Å². The van der Waals surface area contributed by atoms with Crippen LogP contribution in [0.25, 0.3) is 0 Å². The molecule has 2 rings (SSSR count). The normalized spacial score (nSPS) is 19.7. The Balaban J connectivity index is 1.71. The lowest BCUT2D eigenvalue weighted by Gasteiger charge is -2.32. The molecule has 15 heavy (non-hydrogen) atoms. The summed E-state index contributed by atoms with van der Waals surface area (Å²) in [5.74, 6) is 0.804. The maximum Gasteiger partial charge on any atom is 0.242 e. The van der Waals surface area contributed by atoms with Gasteiger partial charge in [-0.2, -0.15) is 0 Å². The van der Waals surface area contributed by atoms with Crippen molar-refractivity contribution in [1.82, 2.24) is 9.80 Å². The van der Waals surface area contributed by atoms with E-state index < -0.39 is 0 Å². The average molecular weight is 210 g/mol. The number of amides is 2. The first-order valence-corrected chi connectivity index (χ1v) is 5.68. The number of carbonyl (C=O) groups excluding carboxylic acids is 2. The third-order valence-corrected chi connectivity index (χ3v) is 3.17. The molecule has 2 fully saturated rings. The van der Waals surface area contributed by atoms with Crippen LogP contribution in [0.3, 0.4) is 0 Å². The van der Waals surface area contributed by atoms with Crippen LogP contribution < -0.4 is 0 Å². The first-order chi connectivity index (χ1) is 7.16. The summed E-state index contributed by atoms with van der Waals surface area (Å²) in [4.78, 5) is 26.6. The van der Waals surface area contributed by atoms with E-state index >= 15 is 0 Å². The maximum atomic E-state index is 11.6. The predicted molar refractivity (Wildman–Crippen MR) is 56.2 cm³/mol. The van der Waals surface area contributed by atoms with Gasteiger partial charge in [-0.3, -0.25) is 9.59 Å². The molecule has 0 spiro atoms. The molecule has 0 aromatic heterocycles. The SMILES string of the molecule is CN(CC(=O)N1CCC1)C(=O)CC1CC1. The van der Waals surface area contributed by atoms with Gasteiger partial charge in [-0.15, -0.1) is 0 Å². The fourth-order valence-electron chi connectivity index (χ4n) is 1.68. The van der Waals surface area contributed by atoms with E-state index in [-0.39, 0.29) is 18.4 Å². The molecule has 0 aromatic carbocycles. The third kappa shape index (κ3) is 2.70. The Morgan fingerprint density at radius 3 is 2.47 bits per heavy atom. The Hall–Kier alpha value is -1.06. The topological polar surface area (TPSA) is 40.6 Å². The van der Waals surface area contributed by atoms with Crippen LogP contribution in [0.4, 0.5) is 0 Å². The molecule has 0 bridgehead atoms. The molecular formula is C11H18N2O2. The summed E-state index contributed by atoms with van der Waals surface area (Å²) in [6.45, 7) is 1.98. The molecule has 1 saturated carbocycles. The summed E-state index contributed by atoms with van der Waals surface area (Å²) in [5, 5.41) is 0. The third-order valence-electron chi connectivity index (χ3n) is 3.17. The van der Waals surface area contributed by atoms with Crippen molar-refractivity contribution in [2.75, 3.05) is 26.7 Å². The molecule has 0 aromatic rings. The lowest BCUT2D eigenvalue weighted by molar-refractivity contribution is -0.141. The second-order valence-corrected chi connectivity index (χ2v) is 4.63. The highest BCUT2D eigenvalue weighted by Crippen LogP contribution is 2.32. The minimum absolute atomic E-state index is 0.0906. The smallest absolute Gasteiger partial charge is 0.242 e. The van der Waals surface area contributed by atoms with Crippen LogP contribution in [0.15, 0.2) is 0 Å². The van der Waals surface area contributed by atoms with Crippen molar-refractivity contribution in [3.63, 3.8) is 0 Å². The van der Waals surface area contributed by atoms with Gasteiger partial charge in [-0.05, 0) is 25.2 Å². The Labute approximate surface area is 90.2 Å². The zero-order valence-electron chi connectivity index (χ0n) is 9.24. The van der Waals surface area contributed by atoms with Crippen molar-refractivity contribution in [2.45, 2.75) is 25.7 Å². The Bertz CT molecular complexity index is 270. The van der Waals surface area contributed by atoms with Gasteiger partial charge < -0.3 is 9.80 Å². The van der Waals surface area contributed by atoms with Gasteiger partial charge in [0, 0.05) is 26.6 Å². The highest BCUT2D eigenvalue weighted by atomic mass is 16.2. The van der Waals surface area contributed by atoms with Crippen molar-refractivity contribution < 1.29 is 9.59 Å². The van der Waals surface area contributed by atoms with Crippen LogP contribution in [0.2, 0.25) is 0 Å². The number of rotatable bonds is 4. The second kappa shape index (κ2) is 4.21. The second-order valence-electron chi connectivity index (χ2n) is 4.63. The van der Waals surface area contributed by atoms with E-state index in [1.165, 1.54) is 12.8 Å². The van der Waals surface area contributed by atoms with E-state index in [2.05, 4.69) is 0 Å². The number of likely N-dealkylation sites (N-methyl/N-ethyl adjacent to an activating group) is 1. The molecule has 1 saturated heterocycles. The molecule has 1 aliphatic heterocycles. The zero-order chi connectivity index (χ0) is 10.8. The lowest BCUT2D eigenvalue weighted by Crippen LogP contribution is -2.47. The molecule has 0 unspecified atom stereocenters. The van der Waals surface area contributed by atoms with Gasteiger partial charge in [0.1, 0.15) is 0 Å². The van der Waals surface area contributed by atoms with Crippen molar-refractivity contribution in [1.29, 1.82) is 0 Å². The number of carbonyl (C=O) groups is 2. The van der Waals surface area contributed by atoms with Gasteiger partial charge in [0.05, 0.1) is 6.54 Å². The van der Waals surface area contributed by atoms with Gasteiger partial charge in [0.2, 0.25) is 11.8 Å². The van der Waals surface area contributed by atoms with E-state index in [0.29, 0.717) is 12.3 Å². The van der Waals surface area contributed by atoms with Crippen LogP contribution in [0.5, 0.6) is 0 Å². The van der Waals surface area contributed by atoms with Crippen molar-refractivity contribution in [2.24, 2.45) is 5.92 Å². The molecule has 4 heteroatoms. The van der Waals surface area contributed by atoms with Crippen molar-refractivity contribution in [3.8, 4) is 0 Å². The summed E-state index contributed by atoms with van der Waals surface area (Å²) >= 11 is 0. The number of likely N-dealkylation sites (tertiary alicyclic amines) is 1. The van der Waals surface area contributed by atoms with Crippen LogP contribution in [0.1, 0.15) is 25.7 Å². The monoisotopic (exact) mass is 210 g/mol. The number of nitrogens with zero attached hydrogens (tertiary/aromatic N) is 2. The summed E-state index contributed by atoms with van der Waals surface area (Å²) in [6.07, 6.45) is 4.09. The summed E-state index contributed by atoms with van der Waals surface area (Å²) in [6, 6.07) is 0. The standard InChI is InChI=1S/C11H18N2O2/c1-12(10(14)7-9-3-4-9)8-11(15)13-5-2-6-13/h9H,2-8H2,1H3. The van der Waals surface area contributed by atoms with E-state index in [4.69, 9.17) is 0 Å². The van der Waals surface area contributed by atoms with E-state index in [0.717, 1.165) is 19.5 Å². The Morgan fingerprint density at radius 2 is 2.00 bits per heavy atom. The van der Waals surface area contributed by atoms with Gasteiger partial charge >= 0.3 is 0 Å². The summed E-state index contributed by atoms with van der Waals surface area (Å²) < 4.78 is 0. The molecule has 1 aliphatic carbocycles. The molecule has 84 valence electrons. The largest absolute Gasteiger partial charge is 0.341 e. The Kier molecular flexibility index (Phi) is 2.93. The molecule has 2 amide bonds. The molecule has 0 N–H and O–H groups in total. The quantitative estimate of drug-likeness (QED) is 0.677. The fourth-order valence-corrected chi connectivity index (χ4v) is 1.68. The molecule has 0 radical (unpaired) electrons. The molecule has 2 aliphatic rings. The predicted octanol–water partition coefficient (Wildman–Crippen LogP) is 0.477. The lowest BCUT2D eigenvalue weighted by atomic mass is 10.2. The minimum Gasteiger partial charge on any atom is -0.341 e. The molecule has 4 nitrogen and oxygen atoms in total. The first-order valence-electron chi connectivity index (χ1n) is 5.68. The zero-order valence-corrected chi connectivity index (χ0v) is 9.24. The van der Waals surface area contributed by atoms with Gasteiger partial charge in [0.15, 0.2) is 0 Å². The minimum atomic E-state index is 0.0906. The van der Waals surface area contributed by atoms with Crippen LogP contribution >= 0.6 is 0 Å². The van der Waals surface area contributed by atoms with E-state index in [9.17, 15) is 9.59 Å². The number of hydrogen-bond acceptors (Lipinski definition) is 2. The van der Waals surface area contributed by atoms with E-state index in [1.54, 1.807) is 16.8 Å². The van der Waals surface area contributed by atoms with Crippen molar-refractivity contribution in [3.05, 3.63) is 0 Å². The van der Waals surface area contributed by atoms with E-state index in [1.807, 2.05) is 0 Å². The molecular weight excluding hydrogens is 192 g/mol. The van der Waals surface area contributed by atoms with Crippen LogP contribution in [-0.2, 0) is 9.59 Å².